The van der Waals surface area contributed by atoms with Gasteiger partial charge in [0.2, 0.25) is 5.91 Å². The Bertz CT molecular complexity index is 838. The van der Waals surface area contributed by atoms with Crippen molar-refractivity contribution in [3.63, 3.8) is 0 Å². The molecular weight excluding hydrogens is 351 g/mol. The van der Waals surface area contributed by atoms with Crippen LogP contribution in [0.4, 0.5) is 10.1 Å². The lowest BCUT2D eigenvalue weighted by Crippen LogP contribution is -2.39. The Kier molecular flexibility index (Phi) is 5.71. The van der Waals surface area contributed by atoms with Gasteiger partial charge < -0.3 is 14.8 Å². The predicted molar refractivity (Wildman–Crippen MR) is 98.6 cm³/mol. The average Bonchev–Trinajstić information content (AvgIpc) is 2.96. The van der Waals surface area contributed by atoms with E-state index in [0.29, 0.717) is 30.2 Å². The normalized spacial score (nSPS) is 16.7. The van der Waals surface area contributed by atoms with Crippen molar-refractivity contribution in [1.82, 2.24) is 5.32 Å². The van der Waals surface area contributed by atoms with Crippen LogP contribution in [0.5, 0.6) is 11.5 Å². The first-order chi connectivity index (χ1) is 13.0. The standard InChI is InChI=1S/C20H21FN2O4/c1-26-17-8-3-13(11-18(17)27-2)9-10-22-16-12-19(24)23(20(16)25)15-6-4-14(21)5-7-15/h3-8,11,16,22H,9-10,12H2,1-2H3/t16-/m0/s1. The number of ether oxygens (including phenoxy) is 2. The van der Waals surface area contributed by atoms with Crippen LogP contribution in [-0.2, 0) is 16.0 Å². The summed E-state index contributed by atoms with van der Waals surface area (Å²) in [5.74, 6) is 0.266. The number of carbonyl (C=O) groups is 2. The molecule has 2 amide bonds. The van der Waals surface area contributed by atoms with E-state index in [1.54, 1.807) is 14.2 Å². The summed E-state index contributed by atoms with van der Waals surface area (Å²) in [5.41, 5.74) is 1.41. The molecule has 1 atom stereocenters. The number of imide groups is 1. The molecule has 27 heavy (non-hydrogen) atoms. The van der Waals surface area contributed by atoms with Crippen LogP contribution in [0, 0.1) is 5.82 Å². The Hall–Kier alpha value is -2.93. The Labute approximate surface area is 156 Å². The van der Waals surface area contributed by atoms with Crippen molar-refractivity contribution in [2.24, 2.45) is 0 Å². The lowest BCUT2D eigenvalue weighted by Gasteiger charge is -2.15. The quantitative estimate of drug-likeness (QED) is 0.756. The van der Waals surface area contributed by atoms with E-state index in [9.17, 15) is 14.0 Å². The van der Waals surface area contributed by atoms with Crippen molar-refractivity contribution in [3.8, 4) is 11.5 Å². The number of nitrogens with zero attached hydrogens (tertiary/aromatic N) is 1. The van der Waals surface area contributed by atoms with Gasteiger partial charge in [-0.2, -0.15) is 0 Å². The van der Waals surface area contributed by atoms with Gasteiger partial charge in [0, 0.05) is 0 Å². The van der Waals surface area contributed by atoms with Crippen LogP contribution in [0.15, 0.2) is 42.5 Å². The minimum Gasteiger partial charge on any atom is -0.493 e. The lowest BCUT2D eigenvalue weighted by atomic mass is 10.1. The number of nitrogens with one attached hydrogen (secondary N) is 1. The number of hydrogen-bond acceptors (Lipinski definition) is 5. The third kappa shape index (κ3) is 4.09. The maximum atomic E-state index is 13.1. The molecule has 2 aromatic carbocycles. The molecule has 0 unspecified atom stereocenters. The van der Waals surface area contributed by atoms with Gasteiger partial charge in [-0.25, -0.2) is 9.29 Å². The van der Waals surface area contributed by atoms with Crippen LogP contribution in [0.3, 0.4) is 0 Å². The fraction of sp³-hybridized carbons (Fsp3) is 0.300. The molecule has 2 aromatic rings. The smallest absolute Gasteiger partial charge is 0.251 e. The number of rotatable bonds is 7. The summed E-state index contributed by atoms with van der Waals surface area (Å²) in [7, 11) is 3.15. The average molecular weight is 372 g/mol. The fourth-order valence-corrected chi connectivity index (χ4v) is 3.08. The molecule has 0 spiro atoms. The largest absolute Gasteiger partial charge is 0.493 e. The Morgan fingerprint density at radius 2 is 1.78 bits per heavy atom. The van der Waals surface area contributed by atoms with Gasteiger partial charge in [-0.05, 0) is 54.9 Å². The van der Waals surface area contributed by atoms with Gasteiger partial charge in [0.05, 0.1) is 32.4 Å². The second-order valence-corrected chi connectivity index (χ2v) is 6.19. The molecule has 1 saturated heterocycles. The minimum absolute atomic E-state index is 0.0855. The molecule has 7 heteroatoms. The van der Waals surface area contributed by atoms with Gasteiger partial charge >= 0.3 is 0 Å². The molecule has 142 valence electrons. The Morgan fingerprint density at radius 1 is 1.07 bits per heavy atom. The van der Waals surface area contributed by atoms with Crippen molar-refractivity contribution in [2.45, 2.75) is 18.9 Å². The molecule has 0 aliphatic carbocycles. The third-order valence-electron chi connectivity index (χ3n) is 4.48. The molecule has 0 aromatic heterocycles. The van der Waals surface area contributed by atoms with E-state index in [1.165, 1.54) is 24.3 Å². The lowest BCUT2D eigenvalue weighted by molar-refractivity contribution is -0.121. The van der Waals surface area contributed by atoms with Gasteiger partial charge in [0.25, 0.3) is 5.91 Å². The van der Waals surface area contributed by atoms with E-state index in [1.807, 2.05) is 18.2 Å². The molecule has 0 radical (unpaired) electrons. The van der Waals surface area contributed by atoms with Gasteiger partial charge in [0.1, 0.15) is 5.82 Å². The topological polar surface area (TPSA) is 67.9 Å². The van der Waals surface area contributed by atoms with Gasteiger partial charge in [0.15, 0.2) is 11.5 Å². The summed E-state index contributed by atoms with van der Waals surface area (Å²) in [6, 6.07) is 10.4. The van der Waals surface area contributed by atoms with Crippen LogP contribution in [0.2, 0.25) is 0 Å². The summed E-state index contributed by atoms with van der Waals surface area (Å²) in [5, 5.41) is 3.13. The monoisotopic (exact) mass is 372 g/mol. The molecule has 0 saturated carbocycles. The maximum absolute atomic E-state index is 13.1. The number of amides is 2. The molecule has 3 rings (SSSR count). The summed E-state index contributed by atoms with van der Waals surface area (Å²) < 4.78 is 23.6. The Balaban J connectivity index is 1.60. The van der Waals surface area contributed by atoms with E-state index in [-0.39, 0.29) is 18.2 Å². The molecular formula is C20H21FN2O4. The highest BCUT2D eigenvalue weighted by molar-refractivity contribution is 6.22. The minimum atomic E-state index is -0.581. The van der Waals surface area contributed by atoms with Gasteiger partial charge in [-0.3, -0.25) is 9.59 Å². The number of benzene rings is 2. The molecule has 6 nitrogen and oxygen atoms in total. The highest BCUT2D eigenvalue weighted by Gasteiger charge is 2.39. The molecule has 1 fully saturated rings. The van der Waals surface area contributed by atoms with E-state index in [0.717, 1.165) is 10.5 Å². The summed E-state index contributed by atoms with van der Waals surface area (Å²) in [6.45, 7) is 0.524. The molecule has 1 N–H and O–H groups in total. The first kappa shape index (κ1) is 18.8. The van der Waals surface area contributed by atoms with Crippen LogP contribution in [-0.4, -0.2) is 38.6 Å². The van der Waals surface area contributed by atoms with Crippen LogP contribution in [0.1, 0.15) is 12.0 Å². The number of methoxy groups -OCH3 is 2. The number of carbonyl (C=O) groups excluding carboxylic acids is 2. The molecule has 0 bridgehead atoms. The van der Waals surface area contributed by atoms with Crippen molar-refractivity contribution in [1.29, 1.82) is 0 Å². The zero-order valence-electron chi connectivity index (χ0n) is 15.2. The van der Waals surface area contributed by atoms with Crippen LogP contribution < -0.4 is 19.7 Å². The number of hydrogen-bond donors (Lipinski definition) is 1. The first-order valence-electron chi connectivity index (χ1n) is 8.60. The molecule has 1 aliphatic rings. The maximum Gasteiger partial charge on any atom is 0.251 e. The van der Waals surface area contributed by atoms with Crippen molar-refractivity contribution in [2.75, 3.05) is 25.7 Å². The van der Waals surface area contributed by atoms with Crippen LogP contribution in [0.25, 0.3) is 0 Å². The fourth-order valence-electron chi connectivity index (χ4n) is 3.08. The predicted octanol–water partition coefficient (Wildman–Crippen LogP) is 2.31. The van der Waals surface area contributed by atoms with Crippen LogP contribution >= 0.6 is 0 Å². The van der Waals surface area contributed by atoms with Gasteiger partial charge in [-0.15, -0.1) is 0 Å². The Morgan fingerprint density at radius 3 is 2.44 bits per heavy atom. The summed E-state index contributed by atoms with van der Waals surface area (Å²) >= 11 is 0. The molecule has 1 heterocycles. The first-order valence-corrected chi connectivity index (χ1v) is 8.60. The van der Waals surface area contributed by atoms with Crippen molar-refractivity contribution >= 4 is 17.5 Å². The van der Waals surface area contributed by atoms with Crippen molar-refractivity contribution < 1.29 is 23.5 Å². The van der Waals surface area contributed by atoms with Crippen molar-refractivity contribution in [3.05, 3.63) is 53.8 Å². The molecule has 1 aliphatic heterocycles. The third-order valence-corrected chi connectivity index (χ3v) is 4.48. The van der Waals surface area contributed by atoms with E-state index < -0.39 is 11.9 Å². The van der Waals surface area contributed by atoms with Gasteiger partial charge in [-0.1, -0.05) is 6.07 Å². The SMILES string of the molecule is COc1ccc(CCN[C@H]2CC(=O)N(c3ccc(F)cc3)C2=O)cc1OC. The second kappa shape index (κ2) is 8.18. The zero-order chi connectivity index (χ0) is 19.4. The zero-order valence-corrected chi connectivity index (χ0v) is 15.2. The summed E-state index contributed by atoms with van der Waals surface area (Å²) in [4.78, 5) is 25.9. The number of halogens is 1. The van der Waals surface area contributed by atoms with E-state index in [4.69, 9.17) is 9.47 Å². The van der Waals surface area contributed by atoms with E-state index >= 15 is 0 Å². The second-order valence-electron chi connectivity index (χ2n) is 6.19. The number of anilines is 1. The highest BCUT2D eigenvalue weighted by atomic mass is 19.1. The summed E-state index contributed by atoms with van der Waals surface area (Å²) in [6.07, 6.45) is 0.747. The van der Waals surface area contributed by atoms with E-state index in [2.05, 4.69) is 5.32 Å². The highest BCUT2D eigenvalue weighted by Crippen LogP contribution is 2.28.